The summed E-state index contributed by atoms with van der Waals surface area (Å²) in [5, 5.41) is 7.21. The van der Waals surface area contributed by atoms with E-state index in [9.17, 15) is 0 Å². The highest BCUT2D eigenvalue weighted by atomic mass is 15.1. The third-order valence-electron chi connectivity index (χ3n) is 4.21. The Morgan fingerprint density at radius 1 is 0.773 bits per heavy atom. The van der Waals surface area contributed by atoms with Crippen molar-refractivity contribution in [1.29, 1.82) is 0 Å². The number of anilines is 2. The molecule has 0 spiro atoms. The molecule has 1 aliphatic rings. The van der Waals surface area contributed by atoms with Gasteiger partial charge in [0.15, 0.2) is 0 Å². The molecule has 2 N–H and O–H groups in total. The third-order valence-corrected chi connectivity index (χ3v) is 4.21. The van der Waals surface area contributed by atoms with Crippen LogP contribution in [0.4, 0.5) is 11.6 Å². The van der Waals surface area contributed by atoms with Gasteiger partial charge in [-0.25, -0.2) is 9.97 Å². The first-order valence-corrected chi connectivity index (χ1v) is 8.11. The lowest BCUT2D eigenvalue weighted by molar-refractivity contribution is 0.422. The molecular formula is C18H24N4. The fourth-order valence-corrected chi connectivity index (χ4v) is 3.10. The van der Waals surface area contributed by atoms with Gasteiger partial charge in [0, 0.05) is 23.5 Å². The third kappa shape index (κ3) is 3.75. The molecule has 0 amide bonds. The standard InChI is InChI=1S/C18H24N4/c1-13-7-5-11-17(19-13)21-15-9-3-4-10-16(15)22-18-12-6-8-14(2)20-18/h5-8,11-12,15-16H,3-4,9-10H2,1-2H3,(H,19,21)(H,20,22)/t15-,16?/m1/s1. The molecule has 22 heavy (non-hydrogen) atoms. The molecule has 1 aliphatic carbocycles. The second kappa shape index (κ2) is 6.77. The van der Waals surface area contributed by atoms with Gasteiger partial charge in [-0.3, -0.25) is 0 Å². The van der Waals surface area contributed by atoms with Crippen LogP contribution in [-0.4, -0.2) is 22.1 Å². The van der Waals surface area contributed by atoms with Crippen molar-refractivity contribution in [2.75, 3.05) is 10.6 Å². The van der Waals surface area contributed by atoms with Gasteiger partial charge in [-0.1, -0.05) is 25.0 Å². The zero-order valence-electron chi connectivity index (χ0n) is 13.3. The summed E-state index contributed by atoms with van der Waals surface area (Å²) in [6.07, 6.45) is 4.87. The number of pyridine rings is 2. The van der Waals surface area contributed by atoms with Crippen molar-refractivity contribution in [2.45, 2.75) is 51.6 Å². The minimum Gasteiger partial charge on any atom is -0.365 e. The van der Waals surface area contributed by atoms with E-state index in [1.807, 2.05) is 38.1 Å². The molecular weight excluding hydrogens is 272 g/mol. The van der Waals surface area contributed by atoms with E-state index in [-0.39, 0.29) is 0 Å². The molecule has 0 radical (unpaired) electrons. The summed E-state index contributed by atoms with van der Waals surface area (Å²) in [7, 11) is 0. The average Bonchev–Trinajstić information content (AvgIpc) is 2.49. The van der Waals surface area contributed by atoms with E-state index in [2.05, 4.69) is 32.7 Å². The van der Waals surface area contributed by atoms with Gasteiger partial charge < -0.3 is 10.6 Å². The molecule has 4 heteroatoms. The number of nitrogens with one attached hydrogen (secondary N) is 2. The minimum absolute atomic E-state index is 0.394. The first kappa shape index (κ1) is 14.8. The van der Waals surface area contributed by atoms with Gasteiger partial charge in [-0.15, -0.1) is 0 Å². The Morgan fingerprint density at radius 2 is 1.23 bits per heavy atom. The van der Waals surface area contributed by atoms with Gasteiger partial charge in [0.25, 0.3) is 0 Å². The van der Waals surface area contributed by atoms with Gasteiger partial charge in [0.1, 0.15) is 11.6 Å². The predicted octanol–water partition coefficient (Wildman–Crippen LogP) is 3.93. The van der Waals surface area contributed by atoms with E-state index in [0.29, 0.717) is 12.1 Å². The van der Waals surface area contributed by atoms with Crippen LogP contribution >= 0.6 is 0 Å². The summed E-state index contributed by atoms with van der Waals surface area (Å²) < 4.78 is 0. The average molecular weight is 296 g/mol. The maximum Gasteiger partial charge on any atom is 0.126 e. The quantitative estimate of drug-likeness (QED) is 0.897. The highest BCUT2D eigenvalue weighted by Crippen LogP contribution is 2.24. The Kier molecular flexibility index (Phi) is 4.56. The largest absolute Gasteiger partial charge is 0.365 e. The van der Waals surface area contributed by atoms with Crippen LogP contribution in [0.1, 0.15) is 37.1 Å². The zero-order valence-corrected chi connectivity index (χ0v) is 13.3. The molecule has 4 nitrogen and oxygen atoms in total. The normalized spacial score (nSPS) is 21.4. The van der Waals surface area contributed by atoms with E-state index in [1.54, 1.807) is 0 Å². The first-order chi connectivity index (χ1) is 10.7. The Hall–Kier alpha value is -2.10. The molecule has 2 aromatic heterocycles. The molecule has 1 saturated carbocycles. The number of nitrogens with zero attached hydrogens (tertiary/aromatic N) is 2. The van der Waals surface area contributed by atoms with Crippen molar-refractivity contribution < 1.29 is 0 Å². The second-order valence-corrected chi connectivity index (χ2v) is 6.11. The van der Waals surface area contributed by atoms with Crippen molar-refractivity contribution >= 4 is 11.6 Å². The van der Waals surface area contributed by atoms with Gasteiger partial charge in [0.2, 0.25) is 0 Å². The molecule has 1 fully saturated rings. The van der Waals surface area contributed by atoms with Crippen molar-refractivity contribution in [3.05, 3.63) is 47.8 Å². The van der Waals surface area contributed by atoms with Crippen LogP contribution in [0.25, 0.3) is 0 Å². The Balaban J connectivity index is 1.71. The number of rotatable bonds is 4. The summed E-state index contributed by atoms with van der Waals surface area (Å²) in [6, 6.07) is 13.0. The molecule has 116 valence electrons. The van der Waals surface area contributed by atoms with Gasteiger partial charge in [-0.05, 0) is 51.0 Å². The molecule has 1 unspecified atom stereocenters. The highest BCUT2D eigenvalue weighted by Gasteiger charge is 2.25. The second-order valence-electron chi connectivity index (χ2n) is 6.11. The molecule has 0 aromatic carbocycles. The van der Waals surface area contributed by atoms with E-state index in [4.69, 9.17) is 0 Å². The van der Waals surface area contributed by atoms with Crippen molar-refractivity contribution in [3.8, 4) is 0 Å². The van der Waals surface area contributed by atoms with Crippen LogP contribution in [0.3, 0.4) is 0 Å². The summed E-state index contributed by atoms with van der Waals surface area (Å²) in [4.78, 5) is 9.14. The van der Waals surface area contributed by atoms with Gasteiger partial charge in [-0.2, -0.15) is 0 Å². The smallest absolute Gasteiger partial charge is 0.126 e. The zero-order chi connectivity index (χ0) is 15.4. The Labute approximate surface area is 132 Å². The van der Waals surface area contributed by atoms with Crippen LogP contribution < -0.4 is 10.6 Å². The van der Waals surface area contributed by atoms with Crippen LogP contribution in [0, 0.1) is 13.8 Å². The summed E-state index contributed by atoms with van der Waals surface area (Å²) in [5.74, 6) is 1.94. The fraction of sp³-hybridized carbons (Fsp3) is 0.444. The van der Waals surface area contributed by atoms with E-state index < -0.39 is 0 Å². The molecule has 0 aliphatic heterocycles. The monoisotopic (exact) mass is 296 g/mol. The van der Waals surface area contributed by atoms with Crippen LogP contribution in [0.2, 0.25) is 0 Å². The number of aromatic nitrogens is 2. The lowest BCUT2D eigenvalue weighted by Crippen LogP contribution is -2.42. The fourth-order valence-electron chi connectivity index (χ4n) is 3.10. The van der Waals surface area contributed by atoms with Crippen LogP contribution in [0.15, 0.2) is 36.4 Å². The number of hydrogen-bond donors (Lipinski definition) is 2. The molecule has 2 atom stereocenters. The lowest BCUT2D eigenvalue weighted by atomic mass is 9.90. The number of aryl methyl sites for hydroxylation is 2. The van der Waals surface area contributed by atoms with Crippen molar-refractivity contribution in [1.82, 2.24) is 9.97 Å². The first-order valence-electron chi connectivity index (χ1n) is 8.11. The topological polar surface area (TPSA) is 49.8 Å². The Morgan fingerprint density at radius 3 is 1.64 bits per heavy atom. The minimum atomic E-state index is 0.394. The predicted molar refractivity (Wildman–Crippen MR) is 91.2 cm³/mol. The van der Waals surface area contributed by atoms with E-state index in [0.717, 1.165) is 23.0 Å². The van der Waals surface area contributed by atoms with E-state index in [1.165, 1.54) is 25.7 Å². The molecule has 2 aromatic rings. The summed E-state index contributed by atoms with van der Waals surface area (Å²) >= 11 is 0. The van der Waals surface area contributed by atoms with E-state index >= 15 is 0 Å². The van der Waals surface area contributed by atoms with Crippen molar-refractivity contribution in [2.24, 2.45) is 0 Å². The SMILES string of the molecule is Cc1cccc(NC2CCCC[C@H]2Nc2cccc(C)n2)n1. The lowest BCUT2D eigenvalue weighted by Gasteiger charge is -2.33. The Bertz CT molecular complexity index is 570. The summed E-state index contributed by atoms with van der Waals surface area (Å²) in [6.45, 7) is 4.05. The molecule has 2 heterocycles. The van der Waals surface area contributed by atoms with Crippen LogP contribution in [0.5, 0.6) is 0 Å². The van der Waals surface area contributed by atoms with Gasteiger partial charge in [0.05, 0.1) is 0 Å². The molecule has 0 bridgehead atoms. The maximum absolute atomic E-state index is 4.57. The van der Waals surface area contributed by atoms with Gasteiger partial charge >= 0.3 is 0 Å². The number of hydrogen-bond acceptors (Lipinski definition) is 4. The van der Waals surface area contributed by atoms with Crippen LogP contribution in [-0.2, 0) is 0 Å². The highest BCUT2D eigenvalue weighted by molar-refractivity contribution is 5.41. The molecule has 3 rings (SSSR count). The molecule has 0 saturated heterocycles. The van der Waals surface area contributed by atoms with Crippen molar-refractivity contribution in [3.63, 3.8) is 0 Å². The summed E-state index contributed by atoms with van der Waals surface area (Å²) in [5.41, 5.74) is 2.09. The maximum atomic E-state index is 4.57.